The molecule has 2 N–H and O–H groups in total. The lowest BCUT2D eigenvalue weighted by atomic mass is 10.1. The van der Waals surface area contributed by atoms with E-state index in [4.69, 9.17) is 0 Å². The summed E-state index contributed by atoms with van der Waals surface area (Å²) in [4.78, 5) is 7.65. The van der Waals surface area contributed by atoms with Gasteiger partial charge >= 0.3 is 0 Å². The molecule has 1 aromatic rings. The van der Waals surface area contributed by atoms with Gasteiger partial charge in [0.1, 0.15) is 10.4 Å². The van der Waals surface area contributed by atoms with E-state index in [1.54, 1.807) is 0 Å². The van der Waals surface area contributed by atoms with Crippen molar-refractivity contribution >= 4 is 15.9 Å². The first-order chi connectivity index (χ1) is 6.13. The SMILES string of the molecule is CNCc1nc(Br)c(CC(C)C)[nH]1. The molecule has 0 saturated carbocycles. The highest BCUT2D eigenvalue weighted by atomic mass is 79.9. The van der Waals surface area contributed by atoms with Crippen molar-refractivity contribution in [1.82, 2.24) is 15.3 Å². The van der Waals surface area contributed by atoms with Gasteiger partial charge in [-0.1, -0.05) is 13.8 Å². The number of halogens is 1. The Labute approximate surface area is 87.5 Å². The summed E-state index contributed by atoms with van der Waals surface area (Å²) in [6, 6.07) is 0. The first-order valence-electron chi connectivity index (χ1n) is 4.51. The van der Waals surface area contributed by atoms with Gasteiger partial charge in [0.2, 0.25) is 0 Å². The van der Waals surface area contributed by atoms with Crippen LogP contribution < -0.4 is 5.32 Å². The van der Waals surface area contributed by atoms with Crippen molar-refractivity contribution in [3.63, 3.8) is 0 Å². The third kappa shape index (κ3) is 3.12. The first kappa shape index (κ1) is 10.7. The van der Waals surface area contributed by atoms with Gasteiger partial charge < -0.3 is 10.3 Å². The summed E-state index contributed by atoms with van der Waals surface area (Å²) in [6.07, 6.45) is 1.04. The van der Waals surface area contributed by atoms with E-state index < -0.39 is 0 Å². The van der Waals surface area contributed by atoms with Gasteiger partial charge in [-0.2, -0.15) is 0 Å². The van der Waals surface area contributed by atoms with Crippen LogP contribution in [0.3, 0.4) is 0 Å². The lowest BCUT2D eigenvalue weighted by molar-refractivity contribution is 0.633. The van der Waals surface area contributed by atoms with Crippen LogP contribution in [0.2, 0.25) is 0 Å². The zero-order chi connectivity index (χ0) is 9.84. The number of hydrogen-bond donors (Lipinski definition) is 2. The van der Waals surface area contributed by atoms with Gasteiger partial charge in [-0.05, 0) is 35.3 Å². The molecule has 74 valence electrons. The maximum absolute atomic E-state index is 4.35. The Morgan fingerprint density at radius 1 is 1.54 bits per heavy atom. The molecule has 0 aromatic carbocycles. The van der Waals surface area contributed by atoms with Crippen LogP contribution in [0.1, 0.15) is 25.4 Å². The van der Waals surface area contributed by atoms with Crippen molar-refractivity contribution in [2.75, 3.05) is 7.05 Å². The molecule has 1 aromatic heterocycles. The fourth-order valence-electron chi connectivity index (χ4n) is 1.23. The monoisotopic (exact) mass is 245 g/mol. The predicted octanol–water partition coefficient (Wildman–Crippen LogP) is 2.09. The molecule has 0 aliphatic heterocycles. The average Bonchev–Trinajstić information content (AvgIpc) is 2.31. The number of rotatable bonds is 4. The van der Waals surface area contributed by atoms with Crippen LogP contribution in [0.25, 0.3) is 0 Å². The van der Waals surface area contributed by atoms with Gasteiger partial charge in [0, 0.05) is 5.69 Å². The molecule has 0 bridgehead atoms. The molecule has 0 aliphatic rings. The van der Waals surface area contributed by atoms with Gasteiger partial charge in [-0.25, -0.2) is 4.98 Å². The summed E-state index contributed by atoms with van der Waals surface area (Å²) in [7, 11) is 1.92. The molecule has 0 unspecified atom stereocenters. The second kappa shape index (κ2) is 4.77. The van der Waals surface area contributed by atoms with E-state index >= 15 is 0 Å². The number of aromatic nitrogens is 2. The van der Waals surface area contributed by atoms with Gasteiger partial charge in [0.05, 0.1) is 6.54 Å². The van der Waals surface area contributed by atoms with E-state index in [0.29, 0.717) is 5.92 Å². The third-order valence-electron chi connectivity index (χ3n) is 1.73. The molecular weight excluding hydrogens is 230 g/mol. The van der Waals surface area contributed by atoms with Crippen LogP contribution in [0.15, 0.2) is 4.60 Å². The Bertz CT molecular complexity index is 268. The largest absolute Gasteiger partial charge is 0.344 e. The zero-order valence-corrected chi connectivity index (χ0v) is 9.90. The van der Waals surface area contributed by atoms with Crippen molar-refractivity contribution in [2.45, 2.75) is 26.8 Å². The highest BCUT2D eigenvalue weighted by Gasteiger charge is 2.08. The molecule has 0 amide bonds. The Kier molecular flexibility index (Phi) is 3.93. The van der Waals surface area contributed by atoms with Crippen molar-refractivity contribution < 1.29 is 0 Å². The molecule has 0 spiro atoms. The highest BCUT2D eigenvalue weighted by Crippen LogP contribution is 2.17. The van der Waals surface area contributed by atoms with Crippen LogP contribution in [-0.2, 0) is 13.0 Å². The van der Waals surface area contributed by atoms with E-state index in [0.717, 1.165) is 23.4 Å². The molecule has 3 nitrogen and oxygen atoms in total. The van der Waals surface area contributed by atoms with Gasteiger partial charge in [0.25, 0.3) is 0 Å². The molecule has 0 saturated heterocycles. The maximum atomic E-state index is 4.35. The summed E-state index contributed by atoms with van der Waals surface area (Å²) in [5.41, 5.74) is 1.19. The molecule has 0 fully saturated rings. The summed E-state index contributed by atoms with van der Waals surface area (Å²) in [6.45, 7) is 5.19. The zero-order valence-electron chi connectivity index (χ0n) is 8.32. The second-order valence-corrected chi connectivity index (χ2v) is 4.33. The summed E-state index contributed by atoms with van der Waals surface area (Å²) in [5, 5.41) is 3.06. The lowest BCUT2D eigenvalue weighted by Crippen LogP contribution is -2.06. The average molecular weight is 246 g/mol. The number of nitrogens with zero attached hydrogens (tertiary/aromatic N) is 1. The normalized spacial score (nSPS) is 11.2. The van der Waals surface area contributed by atoms with E-state index in [1.807, 2.05) is 7.05 Å². The van der Waals surface area contributed by atoms with Crippen LogP contribution in [0.5, 0.6) is 0 Å². The molecule has 4 heteroatoms. The summed E-state index contributed by atoms with van der Waals surface area (Å²) in [5.74, 6) is 1.64. The number of H-pyrrole nitrogens is 1. The Morgan fingerprint density at radius 2 is 2.23 bits per heavy atom. The fraction of sp³-hybridized carbons (Fsp3) is 0.667. The van der Waals surface area contributed by atoms with Crippen molar-refractivity contribution in [1.29, 1.82) is 0 Å². The quantitative estimate of drug-likeness (QED) is 0.854. The number of aromatic amines is 1. The number of nitrogens with one attached hydrogen (secondary N) is 2. The predicted molar refractivity (Wildman–Crippen MR) is 57.6 cm³/mol. The van der Waals surface area contributed by atoms with Crippen molar-refractivity contribution in [3.8, 4) is 0 Å². The lowest BCUT2D eigenvalue weighted by Gasteiger charge is -2.01. The molecule has 1 heterocycles. The molecular formula is C9H16BrN3. The molecule has 0 radical (unpaired) electrons. The summed E-state index contributed by atoms with van der Waals surface area (Å²) < 4.78 is 0.950. The Balaban J connectivity index is 2.71. The van der Waals surface area contributed by atoms with E-state index in [2.05, 4.69) is 45.1 Å². The van der Waals surface area contributed by atoms with Crippen molar-refractivity contribution in [3.05, 3.63) is 16.1 Å². The van der Waals surface area contributed by atoms with Gasteiger partial charge in [-0.3, -0.25) is 0 Å². The van der Waals surface area contributed by atoms with Crippen LogP contribution in [0.4, 0.5) is 0 Å². The minimum atomic E-state index is 0.652. The number of imidazole rings is 1. The van der Waals surface area contributed by atoms with Gasteiger partial charge in [-0.15, -0.1) is 0 Å². The first-order valence-corrected chi connectivity index (χ1v) is 5.30. The number of hydrogen-bond acceptors (Lipinski definition) is 2. The molecule has 13 heavy (non-hydrogen) atoms. The maximum Gasteiger partial charge on any atom is 0.127 e. The van der Waals surface area contributed by atoms with Crippen LogP contribution >= 0.6 is 15.9 Å². The standard InChI is InChI=1S/C9H16BrN3/c1-6(2)4-7-9(10)13-8(12-7)5-11-3/h6,11H,4-5H2,1-3H3,(H,12,13). The van der Waals surface area contributed by atoms with Crippen LogP contribution in [0, 0.1) is 5.92 Å². The van der Waals surface area contributed by atoms with E-state index in [9.17, 15) is 0 Å². The topological polar surface area (TPSA) is 40.7 Å². The highest BCUT2D eigenvalue weighted by molar-refractivity contribution is 9.10. The van der Waals surface area contributed by atoms with Crippen molar-refractivity contribution in [2.24, 2.45) is 5.92 Å². The minimum Gasteiger partial charge on any atom is -0.344 e. The van der Waals surface area contributed by atoms with Gasteiger partial charge in [0.15, 0.2) is 0 Å². The van der Waals surface area contributed by atoms with E-state index in [1.165, 1.54) is 5.69 Å². The second-order valence-electron chi connectivity index (χ2n) is 3.58. The van der Waals surface area contributed by atoms with E-state index in [-0.39, 0.29) is 0 Å². The minimum absolute atomic E-state index is 0.652. The smallest absolute Gasteiger partial charge is 0.127 e. The molecule has 0 atom stereocenters. The Hall–Kier alpha value is -0.350. The fourth-order valence-corrected chi connectivity index (χ4v) is 1.71. The Morgan fingerprint density at radius 3 is 2.77 bits per heavy atom. The molecule has 0 aliphatic carbocycles. The molecule has 1 rings (SSSR count). The summed E-state index contributed by atoms with van der Waals surface area (Å²) >= 11 is 3.45. The third-order valence-corrected chi connectivity index (χ3v) is 2.39. The van der Waals surface area contributed by atoms with Crippen LogP contribution in [-0.4, -0.2) is 17.0 Å².